The minimum atomic E-state index is -0.447. The van der Waals surface area contributed by atoms with Crippen LogP contribution in [-0.4, -0.2) is 24.6 Å². The van der Waals surface area contributed by atoms with Gasteiger partial charge in [-0.25, -0.2) is 0 Å². The first kappa shape index (κ1) is 13.0. The van der Waals surface area contributed by atoms with Crippen LogP contribution in [0.3, 0.4) is 0 Å². The van der Waals surface area contributed by atoms with E-state index in [-0.39, 0.29) is 6.29 Å². The number of rotatable bonds is 4. The fourth-order valence-corrected chi connectivity index (χ4v) is 2.11. The molecule has 1 heterocycles. The second kappa shape index (κ2) is 6.50. The van der Waals surface area contributed by atoms with Crippen molar-refractivity contribution in [3.05, 3.63) is 34.3 Å². The summed E-state index contributed by atoms with van der Waals surface area (Å²) in [6.07, 6.45) is 1.76. The monoisotopic (exact) mass is 300 g/mol. The summed E-state index contributed by atoms with van der Waals surface area (Å²) in [5, 5.41) is 10.0. The molecule has 0 unspecified atom stereocenters. The summed E-state index contributed by atoms with van der Waals surface area (Å²) in [6, 6.07) is 7.73. The SMILES string of the molecule is O[C@H](CCC1OCCCO1)c1ccc(Br)cc1. The Morgan fingerprint density at radius 2 is 1.88 bits per heavy atom. The maximum absolute atomic E-state index is 10.0. The molecule has 0 aliphatic carbocycles. The van der Waals surface area contributed by atoms with Gasteiger partial charge in [-0.3, -0.25) is 0 Å². The molecule has 2 rings (SSSR count). The summed E-state index contributed by atoms with van der Waals surface area (Å²) >= 11 is 3.37. The van der Waals surface area contributed by atoms with E-state index in [1.165, 1.54) is 0 Å². The molecule has 17 heavy (non-hydrogen) atoms. The highest BCUT2D eigenvalue weighted by molar-refractivity contribution is 9.10. The fourth-order valence-electron chi connectivity index (χ4n) is 1.85. The second-order valence-electron chi connectivity index (χ2n) is 4.17. The molecule has 94 valence electrons. The van der Waals surface area contributed by atoms with E-state index in [2.05, 4.69) is 15.9 Å². The Balaban J connectivity index is 1.80. The van der Waals surface area contributed by atoms with Crippen LogP contribution in [0.25, 0.3) is 0 Å². The highest BCUT2D eigenvalue weighted by Crippen LogP contribution is 2.22. The maximum Gasteiger partial charge on any atom is 0.157 e. The van der Waals surface area contributed by atoms with Crippen molar-refractivity contribution >= 4 is 15.9 Å². The van der Waals surface area contributed by atoms with Gasteiger partial charge in [0.25, 0.3) is 0 Å². The molecule has 1 fully saturated rings. The minimum Gasteiger partial charge on any atom is -0.388 e. The lowest BCUT2D eigenvalue weighted by molar-refractivity contribution is -0.183. The normalized spacial score (nSPS) is 19.2. The van der Waals surface area contributed by atoms with Gasteiger partial charge < -0.3 is 14.6 Å². The van der Waals surface area contributed by atoms with Crippen LogP contribution < -0.4 is 0 Å². The Bertz CT molecular complexity index is 333. The molecule has 1 aromatic carbocycles. The second-order valence-corrected chi connectivity index (χ2v) is 5.09. The number of benzene rings is 1. The van der Waals surface area contributed by atoms with Gasteiger partial charge in [-0.15, -0.1) is 0 Å². The predicted octanol–water partition coefficient (Wildman–Crippen LogP) is 3.03. The van der Waals surface area contributed by atoms with E-state index >= 15 is 0 Å². The largest absolute Gasteiger partial charge is 0.388 e. The Hall–Kier alpha value is -0.420. The molecular formula is C13H17BrO3. The summed E-state index contributed by atoms with van der Waals surface area (Å²) in [5.41, 5.74) is 0.934. The van der Waals surface area contributed by atoms with E-state index in [9.17, 15) is 5.11 Å². The molecule has 0 amide bonds. The van der Waals surface area contributed by atoms with E-state index < -0.39 is 6.10 Å². The van der Waals surface area contributed by atoms with Crippen LogP contribution in [0.15, 0.2) is 28.7 Å². The lowest BCUT2D eigenvalue weighted by Crippen LogP contribution is -2.25. The van der Waals surface area contributed by atoms with Gasteiger partial charge in [-0.1, -0.05) is 28.1 Å². The topological polar surface area (TPSA) is 38.7 Å². The quantitative estimate of drug-likeness (QED) is 0.929. The molecule has 0 spiro atoms. The zero-order valence-electron chi connectivity index (χ0n) is 9.64. The Kier molecular flexibility index (Phi) is 4.98. The number of aliphatic hydroxyl groups excluding tert-OH is 1. The van der Waals surface area contributed by atoms with Crippen molar-refractivity contribution in [1.29, 1.82) is 0 Å². The van der Waals surface area contributed by atoms with Crippen LogP contribution in [0.4, 0.5) is 0 Å². The highest BCUT2D eigenvalue weighted by atomic mass is 79.9. The lowest BCUT2D eigenvalue weighted by Gasteiger charge is -2.24. The van der Waals surface area contributed by atoms with E-state index in [0.717, 1.165) is 36.1 Å². The molecule has 0 saturated carbocycles. The van der Waals surface area contributed by atoms with Crippen molar-refractivity contribution in [3.8, 4) is 0 Å². The molecule has 3 nitrogen and oxygen atoms in total. The van der Waals surface area contributed by atoms with Gasteiger partial charge in [-0.05, 0) is 30.5 Å². The van der Waals surface area contributed by atoms with Gasteiger partial charge in [0, 0.05) is 10.9 Å². The van der Waals surface area contributed by atoms with Crippen LogP contribution in [0.1, 0.15) is 30.9 Å². The summed E-state index contributed by atoms with van der Waals surface area (Å²) < 4.78 is 11.9. The molecule has 0 radical (unpaired) electrons. The van der Waals surface area contributed by atoms with Crippen LogP contribution in [0, 0.1) is 0 Å². The van der Waals surface area contributed by atoms with Gasteiger partial charge in [0.15, 0.2) is 6.29 Å². The number of halogens is 1. The lowest BCUT2D eigenvalue weighted by atomic mass is 10.0. The summed E-state index contributed by atoms with van der Waals surface area (Å²) in [4.78, 5) is 0. The molecule has 4 heteroatoms. The molecule has 1 N–H and O–H groups in total. The van der Waals surface area contributed by atoms with Gasteiger partial charge in [0.05, 0.1) is 19.3 Å². The predicted molar refractivity (Wildman–Crippen MR) is 68.6 cm³/mol. The van der Waals surface area contributed by atoms with Gasteiger partial charge in [-0.2, -0.15) is 0 Å². The molecular weight excluding hydrogens is 284 g/mol. The Morgan fingerprint density at radius 3 is 2.53 bits per heavy atom. The Labute approximate surface area is 110 Å². The molecule has 1 aliphatic heterocycles. The van der Waals surface area contributed by atoms with Crippen molar-refractivity contribution < 1.29 is 14.6 Å². The number of ether oxygens (including phenoxy) is 2. The van der Waals surface area contributed by atoms with Crippen molar-refractivity contribution in [2.24, 2.45) is 0 Å². The highest BCUT2D eigenvalue weighted by Gasteiger charge is 2.16. The third kappa shape index (κ3) is 4.07. The first-order valence-electron chi connectivity index (χ1n) is 5.92. The van der Waals surface area contributed by atoms with E-state index in [4.69, 9.17) is 9.47 Å². The summed E-state index contributed by atoms with van der Waals surface area (Å²) in [6.45, 7) is 1.53. The standard InChI is InChI=1S/C13H17BrO3/c14-11-4-2-10(3-5-11)12(15)6-7-13-16-8-1-9-17-13/h2-5,12-13,15H,1,6-9H2/t12-/m1/s1. The third-order valence-corrected chi connectivity index (χ3v) is 3.36. The maximum atomic E-state index is 10.0. The van der Waals surface area contributed by atoms with Crippen molar-refractivity contribution in [2.45, 2.75) is 31.7 Å². The van der Waals surface area contributed by atoms with Gasteiger partial charge >= 0.3 is 0 Å². The van der Waals surface area contributed by atoms with Gasteiger partial charge in [0.1, 0.15) is 0 Å². The molecule has 1 aliphatic rings. The average Bonchev–Trinajstić information content (AvgIpc) is 2.38. The van der Waals surface area contributed by atoms with Crippen molar-refractivity contribution in [3.63, 3.8) is 0 Å². The van der Waals surface area contributed by atoms with Crippen LogP contribution in [0.2, 0.25) is 0 Å². The zero-order valence-corrected chi connectivity index (χ0v) is 11.2. The van der Waals surface area contributed by atoms with Crippen LogP contribution in [-0.2, 0) is 9.47 Å². The van der Waals surface area contributed by atoms with Crippen LogP contribution in [0.5, 0.6) is 0 Å². The average molecular weight is 301 g/mol. The molecule has 1 aromatic rings. The zero-order chi connectivity index (χ0) is 12.1. The first-order valence-corrected chi connectivity index (χ1v) is 6.72. The van der Waals surface area contributed by atoms with Crippen molar-refractivity contribution in [2.75, 3.05) is 13.2 Å². The Morgan fingerprint density at radius 1 is 1.24 bits per heavy atom. The smallest absolute Gasteiger partial charge is 0.157 e. The van der Waals surface area contributed by atoms with E-state index in [1.54, 1.807) is 0 Å². The molecule has 0 bridgehead atoms. The van der Waals surface area contributed by atoms with E-state index in [0.29, 0.717) is 6.42 Å². The first-order chi connectivity index (χ1) is 8.25. The van der Waals surface area contributed by atoms with Gasteiger partial charge in [0.2, 0.25) is 0 Å². The molecule has 1 saturated heterocycles. The minimum absolute atomic E-state index is 0.145. The summed E-state index contributed by atoms with van der Waals surface area (Å²) in [7, 11) is 0. The fraction of sp³-hybridized carbons (Fsp3) is 0.538. The number of hydrogen-bond donors (Lipinski definition) is 1. The van der Waals surface area contributed by atoms with E-state index in [1.807, 2.05) is 24.3 Å². The number of aliphatic hydroxyl groups is 1. The van der Waals surface area contributed by atoms with Crippen molar-refractivity contribution in [1.82, 2.24) is 0 Å². The third-order valence-electron chi connectivity index (χ3n) is 2.83. The molecule has 0 aromatic heterocycles. The summed E-state index contributed by atoms with van der Waals surface area (Å²) in [5.74, 6) is 0. The molecule has 1 atom stereocenters. The van der Waals surface area contributed by atoms with Crippen LogP contribution >= 0.6 is 15.9 Å². The number of hydrogen-bond acceptors (Lipinski definition) is 3.